The molecule has 0 atom stereocenters. The number of anilines is 1. The zero-order chi connectivity index (χ0) is 15.0. The molecule has 0 radical (unpaired) electrons. The molecule has 0 fully saturated rings. The van der Waals surface area contributed by atoms with Crippen molar-refractivity contribution >= 4 is 27.4 Å². The van der Waals surface area contributed by atoms with E-state index in [9.17, 15) is 0 Å². The van der Waals surface area contributed by atoms with E-state index in [1.165, 1.54) is 22.2 Å². The van der Waals surface area contributed by atoms with Gasteiger partial charge in [-0.15, -0.1) is 11.3 Å². The molecule has 0 bridgehead atoms. The van der Waals surface area contributed by atoms with E-state index in [0.717, 1.165) is 23.1 Å². The first-order chi connectivity index (χ1) is 10.2. The molecule has 21 heavy (non-hydrogen) atoms. The van der Waals surface area contributed by atoms with Crippen LogP contribution in [0.15, 0.2) is 23.6 Å². The summed E-state index contributed by atoms with van der Waals surface area (Å²) >= 11 is 1.64. The summed E-state index contributed by atoms with van der Waals surface area (Å²) in [5.74, 6) is 0.872. The molecule has 0 saturated heterocycles. The molecule has 0 saturated carbocycles. The van der Waals surface area contributed by atoms with Crippen molar-refractivity contribution in [2.45, 2.75) is 13.8 Å². The largest absolute Gasteiger partial charge is 0.497 e. The van der Waals surface area contributed by atoms with Gasteiger partial charge in [-0.25, -0.2) is 4.98 Å². The summed E-state index contributed by atoms with van der Waals surface area (Å²) in [5, 5.41) is 7.53. The number of nitrogens with zero attached hydrogens (tertiary/aromatic N) is 2. The molecular weight excluding hydrogens is 282 g/mol. The molecule has 0 amide bonds. The molecular formula is C16H19N3OS. The standard InChI is InChI=1S/C16H19N3OS/c1-5-17-16-18-13(9-21-16)15-10(2)19(3)14-7-6-11(20-4)8-12(14)15/h6-9H,5H2,1-4H3,(H,17,18). The molecule has 110 valence electrons. The number of hydrogen-bond acceptors (Lipinski definition) is 4. The van der Waals surface area contributed by atoms with E-state index in [-0.39, 0.29) is 0 Å². The van der Waals surface area contributed by atoms with Crippen molar-refractivity contribution in [3.05, 3.63) is 29.3 Å². The van der Waals surface area contributed by atoms with Crippen LogP contribution in [-0.4, -0.2) is 23.2 Å². The van der Waals surface area contributed by atoms with E-state index < -0.39 is 0 Å². The molecule has 4 nitrogen and oxygen atoms in total. The Kier molecular flexibility index (Phi) is 3.59. The lowest BCUT2D eigenvalue weighted by molar-refractivity contribution is 0.415. The van der Waals surface area contributed by atoms with Crippen LogP contribution in [0.4, 0.5) is 5.13 Å². The third-order valence-corrected chi connectivity index (χ3v) is 4.59. The van der Waals surface area contributed by atoms with Gasteiger partial charge in [0.05, 0.1) is 12.8 Å². The maximum atomic E-state index is 5.37. The fourth-order valence-corrected chi connectivity index (χ4v) is 3.39. The highest BCUT2D eigenvalue weighted by Gasteiger charge is 2.16. The molecule has 2 aromatic heterocycles. The third-order valence-electron chi connectivity index (χ3n) is 3.79. The number of methoxy groups -OCH3 is 1. The van der Waals surface area contributed by atoms with Crippen LogP contribution < -0.4 is 10.1 Å². The highest BCUT2D eigenvalue weighted by molar-refractivity contribution is 7.14. The molecule has 0 aliphatic heterocycles. The van der Waals surface area contributed by atoms with Gasteiger partial charge < -0.3 is 14.6 Å². The number of benzene rings is 1. The van der Waals surface area contributed by atoms with Crippen molar-refractivity contribution in [2.75, 3.05) is 19.0 Å². The van der Waals surface area contributed by atoms with Gasteiger partial charge in [-0.05, 0) is 32.0 Å². The highest BCUT2D eigenvalue weighted by atomic mass is 32.1. The van der Waals surface area contributed by atoms with Gasteiger partial charge in [0.2, 0.25) is 0 Å². The normalized spacial score (nSPS) is 11.0. The van der Waals surface area contributed by atoms with Gasteiger partial charge in [0.25, 0.3) is 0 Å². The monoisotopic (exact) mass is 301 g/mol. The number of thiazole rings is 1. The molecule has 0 spiro atoms. The first kappa shape index (κ1) is 13.9. The Morgan fingerprint density at radius 3 is 2.90 bits per heavy atom. The second-order valence-electron chi connectivity index (χ2n) is 4.97. The summed E-state index contributed by atoms with van der Waals surface area (Å²) in [6, 6.07) is 6.18. The van der Waals surface area contributed by atoms with Crippen LogP contribution in [0.3, 0.4) is 0 Å². The van der Waals surface area contributed by atoms with Crippen molar-refractivity contribution in [1.29, 1.82) is 0 Å². The van der Waals surface area contributed by atoms with Crippen LogP contribution >= 0.6 is 11.3 Å². The lowest BCUT2D eigenvalue weighted by Crippen LogP contribution is -1.95. The average Bonchev–Trinajstić information content (AvgIpc) is 3.03. The van der Waals surface area contributed by atoms with Crippen molar-refractivity contribution in [2.24, 2.45) is 7.05 Å². The first-order valence-electron chi connectivity index (χ1n) is 6.98. The van der Waals surface area contributed by atoms with Crippen LogP contribution in [-0.2, 0) is 7.05 Å². The molecule has 1 N–H and O–H groups in total. The zero-order valence-electron chi connectivity index (χ0n) is 12.7. The van der Waals surface area contributed by atoms with E-state index in [0.29, 0.717) is 0 Å². The Labute approximate surface area is 128 Å². The van der Waals surface area contributed by atoms with E-state index in [1.54, 1.807) is 18.4 Å². The lowest BCUT2D eigenvalue weighted by Gasteiger charge is -2.01. The Morgan fingerprint density at radius 2 is 2.19 bits per heavy atom. The average molecular weight is 301 g/mol. The summed E-state index contributed by atoms with van der Waals surface area (Å²) in [7, 11) is 3.79. The van der Waals surface area contributed by atoms with Crippen LogP contribution in [0.5, 0.6) is 5.75 Å². The maximum Gasteiger partial charge on any atom is 0.183 e. The van der Waals surface area contributed by atoms with E-state index >= 15 is 0 Å². The van der Waals surface area contributed by atoms with Crippen LogP contribution in [0.2, 0.25) is 0 Å². The quantitative estimate of drug-likeness (QED) is 0.790. The van der Waals surface area contributed by atoms with Gasteiger partial charge in [0.15, 0.2) is 5.13 Å². The fraction of sp³-hybridized carbons (Fsp3) is 0.312. The Morgan fingerprint density at radius 1 is 1.38 bits per heavy atom. The van der Waals surface area contributed by atoms with E-state index in [1.807, 2.05) is 6.07 Å². The zero-order valence-corrected chi connectivity index (χ0v) is 13.5. The van der Waals surface area contributed by atoms with Crippen molar-refractivity contribution in [3.63, 3.8) is 0 Å². The van der Waals surface area contributed by atoms with Crippen LogP contribution in [0, 0.1) is 6.92 Å². The minimum atomic E-state index is 0.872. The number of ether oxygens (including phenoxy) is 1. The third kappa shape index (κ3) is 2.27. The smallest absolute Gasteiger partial charge is 0.183 e. The molecule has 0 aliphatic rings. The van der Waals surface area contributed by atoms with E-state index in [4.69, 9.17) is 9.72 Å². The number of nitrogens with one attached hydrogen (secondary N) is 1. The summed E-state index contributed by atoms with van der Waals surface area (Å²) in [5.41, 5.74) is 4.62. The summed E-state index contributed by atoms with van der Waals surface area (Å²) in [6.45, 7) is 5.10. The minimum absolute atomic E-state index is 0.872. The molecule has 3 aromatic rings. The van der Waals surface area contributed by atoms with Crippen molar-refractivity contribution in [3.8, 4) is 17.0 Å². The highest BCUT2D eigenvalue weighted by Crippen LogP contribution is 2.37. The first-order valence-corrected chi connectivity index (χ1v) is 7.86. The molecule has 3 rings (SSSR count). The SMILES string of the molecule is CCNc1nc(-c2c(C)n(C)c3ccc(OC)cc23)cs1. The van der Waals surface area contributed by atoms with Gasteiger partial charge in [-0.3, -0.25) is 0 Å². The predicted octanol–water partition coefficient (Wildman–Crippen LogP) is 4.05. The molecule has 1 aromatic carbocycles. The Hall–Kier alpha value is -2.01. The molecule has 2 heterocycles. The predicted molar refractivity (Wildman–Crippen MR) is 89.5 cm³/mol. The van der Waals surface area contributed by atoms with Gasteiger partial charge >= 0.3 is 0 Å². The summed E-state index contributed by atoms with van der Waals surface area (Å²) < 4.78 is 7.57. The topological polar surface area (TPSA) is 39.1 Å². The minimum Gasteiger partial charge on any atom is -0.497 e. The maximum absolute atomic E-state index is 5.37. The van der Waals surface area contributed by atoms with Gasteiger partial charge in [0.1, 0.15) is 5.75 Å². The number of hydrogen-bond donors (Lipinski definition) is 1. The van der Waals surface area contributed by atoms with Gasteiger partial charge in [0, 0.05) is 41.1 Å². The van der Waals surface area contributed by atoms with Gasteiger partial charge in [-0.1, -0.05) is 0 Å². The van der Waals surface area contributed by atoms with E-state index in [2.05, 4.69) is 48.3 Å². The second kappa shape index (κ2) is 5.41. The number of fused-ring (bicyclic) bond motifs is 1. The summed E-state index contributed by atoms with van der Waals surface area (Å²) in [4.78, 5) is 4.70. The second-order valence-corrected chi connectivity index (χ2v) is 5.83. The van der Waals surface area contributed by atoms with Gasteiger partial charge in [-0.2, -0.15) is 0 Å². The van der Waals surface area contributed by atoms with Crippen molar-refractivity contribution in [1.82, 2.24) is 9.55 Å². The van der Waals surface area contributed by atoms with Crippen LogP contribution in [0.1, 0.15) is 12.6 Å². The Bertz CT molecular complexity index is 788. The Balaban J connectivity index is 2.22. The molecule has 0 unspecified atom stereocenters. The molecule has 0 aliphatic carbocycles. The lowest BCUT2D eigenvalue weighted by atomic mass is 10.1. The van der Waals surface area contributed by atoms with Crippen LogP contribution in [0.25, 0.3) is 22.2 Å². The van der Waals surface area contributed by atoms with Crippen molar-refractivity contribution < 1.29 is 4.74 Å². The number of rotatable bonds is 4. The number of aryl methyl sites for hydroxylation is 1. The summed E-state index contributed by atoms with van der Waals surface area (Å²) in [6.07, 6.45) is 0. The molecule has 5 heteroatoms. The fourth-order valence-electron chi connectivity index (χ4n) is 2.62. The number of aromatic nitrogens is 2.